The van der Waals surface area contributed by atoms with Crippen molar-refractivity contribution < 1.29 is 65.3 Å². The molecule has 1 radical (unpaired) electrons. The monoisotopic (exact) mass is 596 g/mol. The van der Waals surface area contributed by atoms with Gasteiger partial charge in [0.25, 0.3) is 0 Å². The molecule has 0 saturated carbocycles. The van der Waals surface area contributed by atoms with Crippen LogP contribution in [0.25, 0.3) is 0 Å². The molecule has 0 aromatic heterocycles. The van der Waals surface area contributed by atoms with E-state index < -0.39 is 0 Å². The summed E-state index contributed by atoms with van der Waals surface area (Å²) in [6.07, 6.45) is 2.21. The van der Waals surface area contributed by atoms with Gasteiger partial charge in [0.1, 0.15) is 0 Å². The van der Waals surface area contributed by atoms with Crippen molar-refractivity contribution in [1.82, 2.24) is 0 Å². The van der Waals surface area contributed by atoms with E-state index in [0.717, 1.165) is 11.8 Å². The maximum absolute atomic E-state index is 12.1. The number of benzene rings is 2. The van der Waals surface area contributed by atoms with E-state index in [1.807, 2.05) is 30.3 Å². The zero-order valence-electron chi connectivity index (χ0n) is 11.2. The molecular weight excluding hydrogens is 580 g/mol. The minimum atomic E-state index is -0.123. The Morgan fingerprint density at radius 2 is 1.62 bits per heavy atom. The Bertz CT molecular complexity index is 541. The predicted octanol–water partition coefficient (Wildman–Crippen LogP) is 2.49. The van der Waals surface area contributed by atoms with Crippen LogP contribution in [0.1, 0.15) is 15.9 Å². The molecule has 4 unspecified atom stereocenters. The van der Waals surface area contributed by atoms with Crippen LogP contribution in [0.2, 0.25) is 0 Å². The molecule has 0 aliphatic heterocycles. The van der Waals surface area contributed by atoms with Gasteiger partial charge >= 0.3 is 137 Å². The Morgan fingerprint density at radius 3 is 2.24 bits per heavy atom. The molecule has 0 spiro atoms. The van der Waals surface area contributed by atoms with Crippen molar-refractivity contribution in [2.24, 2.45) is 0 Å². The molecule has 111 valence electrons. The van der Waals surface area contributed by atoms with Crippen molar-refractivity contribution in [2.45, 2.75) is 6.16 Å². The molecule has 0 fully saturated rings. The van der Waals surface area contributed by atoms with E-state index in [2.05, 4.69) is 39.3 Å². The number of hydrogen-bond acceptors (Lipinski definition) is 1. The van der Waals surface area contributed by atoms with Gasteiger partial charge in [-0.2, -0.15) is 0 Å². The van der Waals surface area contributed by atoms with E-state index in [-0.39, 0.29) is 65.4 Å². The summed E-state index contributed by atoms with van der Waals surface area (Å²) in [4.78, 5) is 12.0. The third-order valence-corrected chi connectivity index (χ3v) is 29.4. The molecular formula is C14H16IOP4Pm-. The molecule has 0 aliphatic carbocycles. The normalized spacial score (nSPS) is 12.8. The number of carbonyl (C=O) groups is 1. The molecule has 7 heteroatoms. The zero-order chi connectivity index (χ0) is 14.2. The largest absolute Gasteiger partial charge is 0 e. The minimum Gasteiger partial charge on any atom is 0 e. The molecule has 0 bridgehead atoms. The third kappa shape index (κ3) is 8.52. The van der Waals surface area contributed by atoms with Crippen LogP contribution in [0.3, 0.4) is 0 Å². The van der Waals surface area contributed by atoms with Crippen LogP contribution in [0.15, 0.2) is 60.7 Å². The molecule has 0 aliphatic rings. The van der Waals surface area contributed by atoms with Gasteiger partial charge in [0, 0.05) is 40.4 Å². The molecule has 4 atom stereocenters. The van der Waals surface area contributed by atoms with E-state index >= 15 is 0 Å². The second kappa shape index (κ2) is 12.3. The van der Waals surface area contributed by atoms with Gasteiger partial charge in [0.05, 0.1) is 0 Å². The molecule has 2 aromatic carbocycles. The third-order valence-electron chi connectivity index (χ3n) is 2.51. The van der Waals surface area contributed by atoms with E-state index in [0.29, 0.717) is 13.8 Å². The number of hydrogen-bond donors (Lipinski definition) is 0. The number of halogens is 1. The van der Waals surface area contributed by atoms with Crippen molar-refractivity contribution in [2.75, 3.05) is 0 Å². The maximum Gasteiger partial charge on any atom is 0 e. The number of carbonyl (C=O) groups excluding carboxylic acids is 1. The van der Waals surface area contributed by atoms with Gasteiger partial charge in [-0.15, -0.1) is 0 Å². The molecule has 0 amide bonds. The van der Waals surface area contributed by atoms with Crippen LogP contribution in [-0.4, -0.2) is 5.52 Å². The Hall–Kier alpha value is 1.90. The Balaban J connectivity index is 0.00000220. The summed E-state index contributed by atoms with van der Waals surface area (Å²) in [5, 5.41) is 0. The molecule has 2 aromatic rings. The first-order chi connectivity index (χ1) is 9.75. The summed E-state index contributed by atoms with van der Waals surface area (Å²) in [6.45, 7) is 0. The molecule has 1 nitrogen and oxygen atoms in total. The quantitative estimate of drug-likeness (QED) is 0.355. The van der Waals surface area contributed by atoms with Crippen molar-refractivity contribution in [1.29, 1.82) is 0 Å². The molecule has 2 rings (SSSR count). The van der Waals surface area contributed by atoms with Crippen molar-refractivity contribution in [3.05, 3.63) is 71.8 Å². The van der Waals surface area contributed by atoms with Crippen molar-refractivity contribution >= 4 is 33.9 Å². The van der Waals surface area contributed by atoms with Gasteiger partial charge in [-0.05, 0) is 0 Å². The van der Waals surface area contributed by atoms with Crippen LogP contribution in [-0.2, 0) is 6.16 Å². The second-order valence-corrected chi connectivity index (χ2v) is 27.4. The fourth-order valence-corrected chi connectivity index (χ4v) is 24.9. The van der Waals surface area contributed by atoms with Crippen LogP contribution in [0, 0.1) is 40.4 Å². The van der Waals surface area contributed by atoms with Gasteiger partial charge < -0.3 is 0 Å². The topological polar surface area (TPSA) is 17.1 Å². The van der Waals surface area contributed by atoms with Crippen LogP contribution < -0.4 is 20.1 Å². The molecule has 0 N–H and O–H groups in total. The smallest absolute Gasteiger partial charge is 0 e. The summed E-state index contributed by atoms with van der Waals surface area (Å²) in [7, 11) is 3.42. The SMILES string of the molecule is O=C(PP(P)[I-]PCc1ccccc1)c1ccccc1.[Pm]. The Kier molecular flexibility index (Phi) is 12.3. The fourth-order valence-electron chi connectivity index (χ4n) is 1.54. The van der Waals surface area contributed by atoms with E-state index in [4.69, 9.17) is 0 Å². The van der Waals surface area contributed by atoms with Crippen LogP contribution in [0.4, 0.5) is 0 Å². The van der Waals surface area contributed by atoms with Gasteiger partial charge in [0.2, 0.25) is 0 Å². The first kappa shape index (κ1) is 20.9. The summed E-state index contributed by atoms with van der Waals surface area (Å²) in [5.41, 5.74) is 2.63. The summed E-state index contributed by atoms with van der Waals surface area (Å²) >= 11 is 0.158. The average molecular weight is 596 g/mol. The van der Waals surface area contributed by atoms with Gasteiger partial charge in [-0.3, -0.25) is 0 Å². The summed E-state index contributed by atoms with van der Waals surface area (Å²) in [6, 6.07) is 20.3. The standard InChI is InChI=1S/C14H16IOP4.Pm/c16-14(13-9-5-2-6-10-13)19-20(17)15-18-11-12-7-3-1-4-8-12;/h1-10,18-19H,11,17H2;/q-1;. The van der Waals surface area contributed by atoms with Gasteiger partial charge in [-0.1, -0.05) is 0 Å². The van der Waals surface area contributed by atoms with Crippen molar-refractivity contribution in [3.8, 4) is 0 Å². The van der Waals surface area contributed by atoms with Crippen LogP contribution in [0.5, 0.6) is 0 Å². The Labute approximate surface area is 175 Å². The van der Waals surface area contributed by atoms with Crippen molar-refractivity contribution in [3.63, 3.8) is 0 Å². The first-order valence-electron chi connectivity index (χ1n) is 6.07. The van der Waals surface area contributed by atoms with Crippen LogP contribution >= 0.6 is 28.4 Å². The zero-order valence-corrected chi connectivity index (χ0v) is 20.3. The Morgan fingerprint density at radius 1 is 1.05 bits per heavy atom. The molecule has 0 saturated heterocycles. The molecule has 0 heterocycles. The number of rotatable bonds is 7. The van der Waals surface area contributed by atoms with E-state index in [1.165, 1.54) is 11.7 Å². The minimum absolute atomic E-state index is 0. The predicted molar refractivity (Wildman–Crippen MR) is 94.2 cm³/mol. The first-order valence-corrected chi connectivity index (χ1v) is 18.0. The van der Waals surface area contributed by atoms with E-state index in [9.17, 15) is 4.79 Å². The summed E-state index contributed by atoms with van der Waals surface area (Å²) in [5.74, 6) is 0. The fraction of sp³-hybridized carbons (Fsp3) is 0.0714. The average Bonchev–Trinajstić information content (AvgIpc) is 2.49. The van der Waals surface area contributed by atoms with E-state index in [1.54, 1.807) is 0 Å². The van der Waals surface area contributed by atoms with Gasteiger partial charge in [-0.25, -0.2) is 0 Å². The second-order valence-electron chi connectivity index (χ2n) is 4.00. The summed E-state index contributed by atoms with van der Waals surface area (Å²) < 4.78 is 0. The molecule has 21 heavy (non-hydrogen) atoms. The maximum atomic E-state index is 12.1. The van der Waals surface area contributed by atoms with Gasteiger partial charge in [0.15, 0.2) is 0 Å².